The van der Waals surface area contributed by atoms with Gasteiger partial charge in [-0.1, -0.05) is 0 Å². The van der Waals surface area contributed by atoms with Crippen LogP contribution in [0.2, 0.25) is 0 Å². The molecule has 0 spiro atoms. The van der Waals surface area contributed by atoms with E-state index in [0.29, 0.717) is 6.04 Å². The maximum atomic E-state index is 5.43. The molecule has 0 saturated carbocycles. The molecular weight excluding hydrogens is 260 g/mol. The van der Waals surface area contributed by atoms with Crippen LogP contribution in [-0.2, 0) is 0 Å². The Morgan fingerprint density at radius 2 is 2.36 bits per heavy atom. The average molecular weight is 277 g/mol. The van der Waals surface area contributed by atoms with Crippen LogP contribution in [0.4, 0.5) is 0 Å². The number of unbranched alkanes of at least 4 members (excludes halogenated alkanes) is 1. The van der Waals surface area contributed by atoms with Gasteiger partial charge in [0.05, 0.1) is 0 Å². The van der Waals surface area contributed by atoms with Crippen LogP contribution in [0.3, 0.4) is 0 Å². The molecule has 1 rings (SSSR count). The molecule has 0 aliphatic heterocycles. The van der Waals surface area contributed by atoms with Crippen molar-refractivity contribution in [1.29, 1.82) is 0 Å². The molecule has 0 bridgehead atoms. The Labute approximate surface area is 98.0 Å². The van der Waals surface area contributed by atoms with Crippen LogP contribution >= 0.6 is 27.3 Å². The topological polar surface area (TPSA) is 38.0 Å². The molecule has 1 heterocycles. The third-order valence-corrected chi connectivity index (χ3v) is 3.97. The monoisotopic (exact) mass is 276 g/mol. The number of halogens is 1. The standard InChI is InChI=1S/C10H17BrN2S/c1-8(13-5-3-2-4-12)10-6-9(11)7-14-10/h6-8,13H,2-5,12H2,1H3. The lowest BCUT2D eigenvalue weighted by atomic mass is 10.2. The summed E-state index contributed by atoms with van der Waals surface area (Å²) in [4.78, 5) is 1.38. The second kappa shape index (κ2) is 6.56. The van der Waals surface area contributed by atoms with Gasteiger partial charge in [-0.25, -0.2) is 0 Å². The van der Waals surface area contributed by atoms with Crippen LogP contribution in [0, 0.1) is 0 Å². The van der Waals surface area contributed by atoms with Gasteiger partial charge in [-0.3, -0.25) is 0 Å². The molecule has 80 valence electrons. The molecule has 1 atom stereocenters. The van der Waals surface area contributed by atoms with Crippen molar-refractivity contribution in [2.75, 3.05) is 13.1 Å². The van der Waals surface area contributed by atoms with Gasteiger partial charge in [0, 0.05) is 20.8 Å². The Hall–Kier alpha value is 0.1000. The van der Waals surface area contributed by atoms with Crippen LogP contribution in [-0.4, -0.2) is 13.1 Å². The highest BCUT2D eigenvalue weighted by Gasteiger charge is 2.06. The molecule has 0 aliphatic rings. The van der Waals surface area contributed by atoms with E-state index in [0.717, 1.165) is 25.9 Å². The number of nitrogens with one attached hydrogen (secondary N) is 1. The summed E-state index contributed by atoms with van der Waals surface area (Å²) in [7, 11) is 0. The molecule has 0 radical (unpaired) electrons. The largest absolute Gasteiger partial charge is 0.330 e. The summed E-state index contributed by atoms with van der Waals surface area (Å²) >= 11 is 5.25. The number of hydrogen-bond acceptors (Lipinski definition) is 3. The van der Waals surface area contributed by atoms with E-state index in [4.69, 9.17) is 5.73 Å². The molecule has 0 aromatic carbocycles. The van der Waals surface area contributed by atoms with Crippen LogP contribution in [0.5, 0.6) is 0 Å². The van der Waals surface area contributed by atoms with Gasteiger partial charge in [0.25, 0.3) is 0 Å². The summed E-state index contributed by atoms with van der Waals surface area (Å²) < 4.78 is 1.17. The smallest absolute Gasteiger partial charge is 0.0386 e. The van der Waals surface area contributed by atoms with Crippen LogP contribution in [0.15, 0.2) is 15.9 Å². The molecule has 14 heavy (non-hydrogen) atoms. The van der Waals surface area contributed by atoms with Crippen LogP contribution < -0.4 is 11.1 Å². The average Bonchev–Trinajstić information content (AvgIpc) is 2.59. The number of rotatable bonds is 6. The third kappa shape index (κ3) is 4.09. The molecule has 0 fully saturated rings. The Kier molecular flexibility index (Phi) is 5.70. The van der Waals surface area contributed by atoms with Crippen molar-refractivity contribution in [3.63, 3.8) is 0 Å². The molecule has 4 heteroatoms. The van der Waals surface area contributed by atoms with E-state index < -0.39 is 0 Å². The molecule has 3 N–H and O–H groups in total. The minimum absolute atomic E-state index is 0.448. The molecular formula is C10H17BrN2S. The van der Waals surface area contributed by atoms with Gasteiger partial charge in [-0.05, 0) is 54.9 Å². The maximum Gasteiger partial charge on any atom is 0.0386 e. The Bertz CT molecular complexity index is 262. The molecule has 0 saturated heterocycles. The van der Waals surface area contributed by atoms with E-state index in [9.17, 15) is 0 Å². The number of hydrogen-bond donors (Lipinski definition) is 2. The predicted molar refractivity (Wildman–Crippen MR) is 66.7 cm³/mol. The van der Waals surface area contributed by atoms with Crippen molar-refractivity contribution in [3.8, 4) is 0 Å². The van der Waals surface area contributed by atoms with Gasteiger partial charge in [0.1, 0.15) is 0 Å². The fourth-order valence-electron chi connectivity index (χ4n) is 1.24. The second-order valence-electron chi connectivity index (χ2n) is 3.34. The first-order valence-corrected chi connectivity index (χ1v) is 6.58. The highest BCUT2D eigenvalue weighted by molar-refractivity contribution is 9.10. The van der Waals surface area contributed by atoms with Gasteiger partial charge in [0.2, 0.25) is 0 Å². The Balaban J connectivity index is 2.25. The predicted octanol–water partition coefficient (Wildman–Crippen LogP) is 2.90. The minimum atomic E-state index is 0.448. The van der Waals surface area contributed by atoms with Crippen LogP contribution in [0.1, 0.15) is 30.7 Å². The van der Waals surface area contributed by atoms with Crippen molar-refractivity contribution in [2.45, 2.75) is 25.8 Å². The molecule has 0 aliphatic carbocycles. The summed E-state index contributed by atoms with van der Waals surface area (Å²) in [6, 6.07) is 2.62. The van der Waals surface area contributed by atoms with Gasteiger partial charge in [0.15, 0.2) is 0 Å². The lowest BCUT2D eigenvalue weighted by Gasteiger charge is -2.11. The summed E-state index contributed by atoms with van der Waals surface area (Å²) in [5, 5.41) is 5.60. The van der Waals surface area contributed by atoms with E-state index in [-0.39, 0.29) is 0 Å². The lowest BCUT2D eigenvalue weighted by molar-refractivity contribution is 0.555. The lowest BCUT2D eigenvalue weighted by Crippen LogP contribution is -2.19. The molecule has 1 aromatic rings. The van der Waals surface area contributed by atoms with E-state index in [2.05, 4.69) is 39.6 Å². The Morgan fingerprint density at radius 1 is 1.57 bits per heavy atom. The zero-order valence-electron chi connectivity index (χ0n) is 8.42. The fraction of sp³-hybridized carbons (Fsp3) is 0.600. The third-order valence-electron chi connectivity index (χ3n) is 2.10. The Morgan fingerprint density at radius 3 is 2.93 bits per heavy atom. The molecule has 2 nitrogen and oxygen atoms in total. The summed E-state index contributed by atoms with van der Waals surface area (Å²) in [6.45, 7) is 4.04. The van der Waals surface area contributed by atoms with Crippen molar-refractivity contribution >= 4 is 27.3 Å². The van der Waals surface area contributed by atoms with Gasteiger partial charge in [-0.15, -0.1) is 11.3 Å². The van der Waals surface area contributed by atoms with Crippen molar-refractivity contribution < 1.29 is 0 Å². The molecule has 0 amide bonds. The first kappa shape index (κ1) is 12.2. The summed E-state index contributed by atoms with van der Waals surface area (Å²) in [5.74, 6) is 0. The van der Waals surface area contributed by atoms with Crippen LogP contribution in [0.25, 0.3) is 0 Å². The summed E-state index contributed by atoms with van der Waals surface area (Å²) in [5.41, 5.74) is 5.43. The van der Waals surface area contributed by atoms with E-state index in [1.54, 1.807) is 11.3 Å². The fourth-order valence-corrected chi connectivity index (χ4v) is 2.72. The van der Waals surface area contributed by atoms with Crippen molar-refractivity contribution in [2.24, 2.45) is 5.73 Å². The maximum absolute atomic E-state index is 5.43. The molecule has 1 unspecified atom stereocenters. The van der Waals surface area contributed by atoms with Crippen molar-refractivity contribution in [3.05, 3.63) is 20.8 Å². The highest BCUT2D eigenvalue weighted by atomic mass is 79.9. The van der Waals surface area contributed by atoms with E-state index in [1.165, 1.54) is 9.35 Å². The van der Waals surface area contributed by atoms with Gasteiger partial charge in [-0.2, -0.15) is 0 Å². The quantitative estimate of drug-likeness (QED) is 0.785. The normalized spacial score (nSPS) is 13.1. The van der Waals surface area contributed by atoms with E-state index in [1.807, 2.05) is 0 Å². The SMILES string of the molecule is CC(NCCCCN)c1cc(Br)cs1. The van der Waals surface area contributed by atoms with Crippen molar-refractivity contribution in [1.82, 2.24) is 5.32 Å². The number of thiophene rings is 1. The summed E-state index contributed by atoms with van der Waals surface area (Å²) in [6.07, 6.45) is 2.27. The van der Waals surface area contributed by atoms with E-state index >= 15 is 0 Å². The zero-order valence-corrected chi connectivity index (χ0v) is 10.8. The molecule has 1 aromatic heterocycles. The highest BCUT2D eigenvalue weighted by Crippen LogP contribution is 2.25. The van der Waals surface area contributed by atoms with Gasteiger partial charge >= 0.3 is 0 Å². The number of nitrogens with two attached hydrogens (primary N) is 1. The second-order valence-corrected chi connectivity index (χ2v) is 5.20. The minimum Gasteiger partial charge on any atom is -0.330 e. The first-order chi connectivity index (χ1) is 6.74. The van der Waals surface area contributed by atoms with Gasteiger partial charge < -0.3 is 11.1 Å². The first-order valence-electron chi connectivity index (χ1n) is 4.91. The zero-order chi connectivity index (χ0) is 10.4.